The van der Waals surface area contributed by atoms with E-state index in [2.05, 4.69) is 4.98 Å². The second-order valence-electron chi connectivity index (χ2n) is 3.82. The van der Waals surface area contributed by atoms with Gasteiger partial charge in [-0.3, -0.25) is 19.9 Å². The predicted molar refractivity (Wildman–Crippen MR) is 65.5 cm³/mol. The third kappa shape index (κ3) is 2.40. The molecule has 0 aliphatic heterocycles. The lowest BCUT2D eigenvalue weighted by Crippen LogP contribution is -2.02. The minimum absolute atomic E-state index is 0.0911. The van der Waals surface area contributed by atoms with Crippen LogP contribution in [0.4, 0.5) is 5.69 Å². The van der Waals surface area contributed by atoms with Crippen molar-refractivity contribution < 1.29 is 9.72 Å². The Kier molecular flexibility index (Phi) is 3.14. The summed E-state index contributed by atoms with van der Waals surface area (Å²) in [4.78, 5) is 26.3. The van der Waals surface area contributed by atoms with Gasteiger partial charge in [-0.05, 0) is 19.1 Å². The SMILES string of the molecule is Cc1cc(C(=O)c2cccc([N+](=O)[O-])c2)ccn1. The highest BCUT2D eigenvalue weighted by Crippen LogP contribution is 2.16. The van der Waals surface area contributed by atoms with Gasteiger partial charge in [-0.25, -0.2) is 0 Å². The average Bonchev–Trinajstić information content (AvgIpc) is 2.38. The van der Waals surface area contributed by atoms with Gasteiger partial charge >= 0.3 is 0 Å². The van der Waals surface area contributed by atoms with Crippen LogP contribution >= 0.6 is 0 Å². The Morgan fingerprint density at radius 3 is 2.61 bits per heavy atom. The first-order valence-electron chi connectivity index (χ1n) is 5.30. The van der Waals surface area contributed by atoms with E-state index < -0.39 is 4.92 Å². The quantitative estimate of drug-likeness (QED) is 0.471. The van der Waals surface area contributed by atoms with Gasteiger partial charge in [0.25, 0.3) is 5.69 Å². The minimum atomic E-state index is -0.519. The molecular weight excluding hydrogens is 232 g/mol. The minimum Gasteiger partial charge on any atom is -0.289 e. The van der Waals surface area contributed by atoms with Crippen molar-refractivity contribution in [3.8, 4) is 0 Å². The molecule has 0 N–H and O–H groups in total. The summed E-state index contributed by atoms with van der Waals surface area (Å²) >= 11 is 0. The molecule has 1 aromatic carbocycles. The molecule has 0 aliphatic carbocycles. The van der Waals surface area contributed by atoms with Gasteiger partial charge in [0, 0.05) is 35.2 Å². The number of aryl methyl sites for hydroxylation is 1. The van der Waals surface area contributed by atoms with Crippen molar-refractivity contribution in [2.45, 2.75) is 6.92 Å². The lowest BCUT2D eigenvalue weighted by atomic mass is 10.0. The van der Waals surface area contributed by atoms with Gasteiger partial charge in [0.2, 0.25) is 0 Å². The van der Waals surface area contributed by atoms with Crippen LogP contribution in [0.3, 0.4) is 0 Å². The average molecular weight is 242 g/mol. The van der Waals surface area contributed by atoms with Gasteiger partial charge < -0.3 is 0 Å². The third-order valence-electron chi connectivity index (χ3n) is 2.48. The molecular formula is C13H10N2O3. The van der Waals surface area contributed by atoms with Gasteiger partial charge in [-0.2, -0.15) is 0 Å². The molecule has 2 aromatic rings. The number of benzene rings is 1. The fourth-order valence-corrected chi connectivity index (χ4v) is 1.61. The second kappa shape index (κ2) is 4.75. The fourth-order valence-electron chi connectivity index (χ4n) is 1.61. The Bertz CT molecular complexity index is 623. The zero-order valence-electron chi connectivity index (χ0n) is 9.66. The Labute approximate surface area is 103 Å². The Morgan fingerprint density at radius 2 is 1.94 bits per heavy atom. The molecule has 0 unspecified atom stereocenters. The molecule has 0 spiro atoms. The van der Waals surface area contributed by atoms with E-state index in [1.165, 1.54) is 18.2 Å². The van der Waals surface area contributed by atoms with Gasteiger partial charge in [-0.1, -0.05) is 12.1 Å². The van der Waals surface area contributed by atoms with Crippen LogP contribution in [-0.4, -0.2) is 15.7 Å². The van der Waals surface area contributed by atoms with Gasteiger partial charge in [0.1, 0.15) is 0 Å². The van der Waals surface area contributed by atoms with Crippen molar-refractivity contribution in [3.05, 3.63) is 69.5 Å². The number of rotatable bonds is 3. The topological polar surface area (TPSA) is 73.1 Å². The van der Waals surface area contributed by atoms with Crippen molar-refractivity contribution in [3.63, 3.8) is 0 Å². The van der Waals surface area contributed by atoms with Crippen molar-refractivity contribution in [2.24, 2.45) is 0 Å². The molecule has 0 amide bonds. The van der Waals surface area contributed by atoms with Crippen molar-refractivity contribution in [1.29, 1.82) is 0 Å². The van der Waals surface area contributed by atoms with Crippen LogP contribution in [0.15, 0.2) is 42.6 Å². The first-order valence-corrected chi connectivity index (χ1v) is 5.30. The summed E-state index contributed by atoms with van der Waals surface area (Å²) in [5.74, 6) is -0.246. The van der Waals surface area contributed by atoms with Gasteiger partial charge in [0.05, 0.1) is 4.92 Å². The van der Waals surface area contributed by atoms with E-state index in [1.54, 1.807) is 31.3 Å². The van der Waals surface area contributed by atoms with Crippen LogP contribution < -0.4 is 0 Å². The van der Waals surface area contributed by atoms with E-state index in [1.807, 2.05) is 0 Å². The summed E-state index contributed by atoms with van der Waals surface area (Å²) in [7, 11) is 0. The van der Waals surface area contributed by atoms with Crippen LogP contribution in [0.2, 0.25) is 0 Å². The van der Waals surface area contributed by atoms with Gasteiger partial charge in [-0.15, -0.1) is 0 Å². The summed E-state index contributed by atoms with van der Waals surface area (Å²) < 4.78 is 0. The first-order chi connectivity index (χ1) is 8.58. The highest BCUT2D eigenvalue weighted by atomic mass is 16.6. The Balaban J connectivity index is 2.40. The van der Waals surface area contributed by atoms with Gasteiger partial charge in [0.15, 0.2) is 5.78 Å². The standard InChI is InChI=1S/C13H10N2O3/c1-9-7-11(5-6-14-9)13(16)10-3-2-4-12(8-10)15(17)18/h2-8H,1H3. The molecule has 0 saturated heterocycles. The number of hydrogen-bond acceptors (Lipinski definition) is 4. The smallest absolute Gasteiger partial charge is 0.270 e. The van der Waals surface area contributed by atoms with Crippen LogP contribution in [0, 0.1) is 17.0 Å². The number of aromatic nitrogens is 1. The Morgan fingerprint density at radius 1 is 1.22 bits per heavy atom. The monoisotopic (exact) mass is 242 g/mol. The summed E-state index contributed by atoms with van der Waals surface area (Å²) in [6, 6.07) is 8.94. The zero-order valence-corrected chi connectivity index (χ0v) is 9.66. The summed E-state index contributed by atoms with van der Waals surface area (Å²) in [6.07, 6.45) is 1.54. The molecule has 0 aliphatic rings. The number of hydrogen-bond donors (Lipinski definition) is 0. The normalized spacial score (nSPS) is 10.1. The number of carbonyl (C=O) groups is 1. The van der Waals surface area contributed by atoms with Crippen molar-refractivity contribution >= 4 is 11.5 Å². The molecule has 5 heteroatoms. The van der Waals surface area contributed by atoms with E-state index in [0.29, 0.717) is 11.1 Å². The molecule has 0 radical (unpaired) electrons. The third-order valence-corrected chi connectivity index (χ3v) is 2.48. The second-order valence-corrected chi connectivity index (χ2v) is 3.82. The summed E-state index contributed by atoms with van der Waals surface area (Å²) in [6.45, 7) is 1.78. The van der Waals surface area contributed by atoms with Crippen molar-refractivity contribution in [1.82, 2.24) is 4.98 Å². The van der Waals surface area contributed by atoms with Crippen LogP contribution in [0.1, 0.15) is 21.6 Å². The number of nitro groups is 1. The number of pyridine rings is 1. The van der Waals surface area contributed by atoms with Crippen LogP contribution in [-0.2, 0) is 0 Å². The summed E-state index contributed by atoms with van der Waals surface area (Å²) in [5.41, 5.74) is 1.41. The number of nitro benzene ring substituents is 1. The molecule has 0 saturated carbocycles. The molecule has 0 fully saturated rings. The number of carbonyl (C=O) groups excluding carboxylic acids is 1. The van der Waals surface area contributed by atoms with Crippen LogP contribution in [0.5, 0.6) is 0 Å². The molecule has 0 atom stereocenters. The largest absolute Gasteiger partial charge is 0.289 e. The number of non-ortho nitro benzene ring substituents is 1. The highest BCUT2D eigenvalue weighted by Gasteiger charge is 2.13. The van der Waals surface area contributed by atoms with E-state index in [4.69, 9.17) is 0 Å². The number of nitrogens with zero attached hydrogens (tertiary/aromatic N) is 2. The molecule has 0 bridgehead atoms. The van der Waals surface area contributed by atoms with E-state index in [0.717, 1.165) is 5.69 Å². The lowest BCUT2D eigenvalue weighted by Gasteiger charge is -2.01. The molecule has 5 nitrogen and oxygen atoms in total. The molecule has 1 heterocycles. The summed E-state index contributed by atoms with van der Waals surface area (Å²) in [5, 5.41) is 10.7. The first kappa shape index (κ1) is 11.9. The maximum atomic E-state index is 12.1. The number of ketones is 1. The molecule has 1 aromatic heterocycles. The maximum Gasteiger partial charge on any atom is 0.270 e. The fraction of sp³-hybridized carbons (Fsp3) is 0.0769. The molecule has 90 valence electrons. The lowest BCUT2D eigenvalue weighted by molar-refractivity contribution is -0.384. The highest BCUT2D eigenvalue weighted by molar-refractivity contribution is 6.09. The van der Waals surface area contributed by atoms with E-state index in [-0.39, 0.29) is 11.5 Å². The Hall–Kier alpha value is -2.56. The van der Waals surface area contributed by atoms with Crippen LogP contribution in [0.25, 0.3) is 0 Å². The van der Waals surface area contributed by atoms with E-state index >= 15 is 0 Å². The predicted octanol–water partition coefficient (Wildman–Crippen LogP) is 2.53. The molecule has 18 heavy (non-hydrogen) atoms. The maximum absolute atomic E-state index is 12.1. The van der Waals surface area contributed by atoms with E-state index in [9.17, 15) is 14.9 Å². The van der Waals surface area contributed by atoms with Crippen molar-refractivity contribution in [2.75, 3.05) is 0 Å². The zero-order chi connectivity index (χ0) is 13.1. The molecule has 2 rings (SSSR count).